The fraction of sp³-hybridized carbons (Fsp3) is 0.267. The first kappa shape index (κ1) is 11.5. The van der Waals surface area contributed by atoms with Crippen LogP contribution in [0.15, 0.2) is 35.7 Å². The van der Waals surface area contributed by atoms with Crippen LogP contribution in [0.5, 0.6) is 0 Å². The van der Waals surface area contributed by atoms with E-state index in [1.165, 1.54) is 10.4 Å². The molecule has 0 N–H and O–H groups in total. The summed E-state index contributed by atoms with van der Waals surface area (Å²) < 4.78 is 0. The molecular weight excluding hydrogens is 242 g/mol. The zero-order chi connectivity index (χ0) is 12.5. The topological polar surface area (TPSA) is 20.3 Å². The SMILES string of the molecule is Cc1cccc(C(=O)N2CCc3sccc3C2)c1. The van der Waals surface area contributed by atoms with Crippen molar-refractivity contribution in [3.8, 4) is 0 Å². The summed E-state index contributed by atoms with van der Waals surface area (Å²) in [6.45, 7) is 3.61. The van der Waals surface area contributed by atoms with Crippen molar-refractivity contribution in [3.05, 3.63) is 57.3 Å². The molecule has 0 aliphatic carbocycles. The standard InChI is InChI=1S/C15H15NOS/c1-11-3-2-4-12(9-11)15(17)16-7-5-14-13(10-16)6-8-18-14/h2-4,6,8-9H,5,7,10H2,1H3. The molecule has 18 heavy (non-hydrogen) atoms. The van der Waals surface area contributed by atoms with Crippen LogP contribution in [0.3, 0.4) is 0 Å². The maximum absolute atomic E-state index is 12.4. The predicted molar refractivity (Wildman–Crippen MR) is 73.9 cm³/mol. The number of fused-ring (bicyclic) bond motifs is 1. The van der Waals surface area contributed by atoms with Gasteiger partial charge >= 0.3 is 0 Å². The molecule has 0 spiro atoms. The molecule has 3 rings (SSSR count). The predicted octanol–water partition coefficient (Wildman–Crippen LogP) is 3.26. The van der Waals surface area contributed by atoms with Crippen LogP contribution < -0.4 is 0 Å². The highest BCUT2D eigenvalue weighted by Gasteiger charge is 2.22. The van der Waals surface area contributed by atoms with Gasteiger partial charge < -0.3 is 4.90 Å². The number of amides is 1. The Hall–Kier alpha value is -1.61. The molecule has 3 heteroatoms. The summed E-state index contributed by atoms with van der Waals surface area (Å²) in [6.07, 6.45) is 0.991. The van der Waals surface area contributed by atoms with E-state index >= 15 is 0 Å². The van der Waals surface area contributed by atoms with Gasteiger partial charge in [0.2, 0.25) is 0 Å². The molecule has 2 aromatic rings. The van der Waals surface area contributed by atoms with Crippen molar-refractivity contribution in [1.29, 1.82) is 0 Å². The second-order valence-electron chi connectivity index (χ2n) is 4.72. The third-order valence-electron chi connectivity index (χ3n) is 3.36. The van der Waals surface area contributed by atoms with Gasteiger partial charge in [0.25, 0.3) is 5.91 Å². The second-order valence-corrected chi connectivity index (χ2v) is 5.72. The maximum Gasteiger partial charge on any atom is 0.254 e. The summed E-state index contributed by atoms with van der Waals surface area (Å²) in [5, 5.41) is 2.12. The van der Waals surface area contributed by atoms with Crippen molar-refractivity contribution >= 4 is 17.2 Å². The Morgan fingerprint density at radius 2 is 2.22 bits per heavy atom. The van der Waals surface area contributed by atoms with Crippen LogP contribution in [-0.4, -0.2) is 17.4 Å². The number of aryl methyl sites for hydroxylation is 1. The van der Waals surface area contributed by atoms with Gasteiger partial charge in [-0.05, 0) is 42.5 Å². The summed E-state index contributed by atoms with van der Waals surface area (Å²) in [7, 11) is 0. The number of nitrogens with zero attached hydrogens (tertiary/aromatic N) is 1. The maximum atomic E-state index is 12.4. The number of hydrogen-bond acceptors (Lipinski definition) is 2. The second kappa shape index (κ2) is 4.58. The van der Waals surface area contributed by atoms with Crippen molar-refractivity contribution in [2.24, 2.45) is 0 Å². The van der Waals surface area contributed by atoms with Crippen molar-refractivity contribution in [3.63, 3.8) is 0 Å². The Bertz CT molecular complexity index is 588. The van der Waals surface area contributed by atoms with Gasteiger partial charge in [-0.3, -0.25) is 4.79 Å². The van der Waals surface area contributed by atoms with Gasteiger partial charge in [0, 0.05) is 23.5 Å². The van der Waals surface area contributed by atoms with E-state index in [2.05, 4.69) is 11.4 Å². The number of carbonyl (C=O) groups excluding carboxylic acids is 1. The monoisotopic (exact) mass is 257 g/mol. The molecule has 1 aliphatic heterocycles. The minimum atomic E-state index is 0.149. The molecule has 1 amide bonds. The largest absolute Gasteiger partial charge is 0.334 e. The highest BCUT2D eigenvalue weighted by Crippen LogP contribution is 2.25. The number of rotatable bonds is 1. The molecule has 0 radical (unpaired) electrons. The van der Waals surface area contributed by atoms with Crippen LogP contribution >= 0.6 is 11.3 Å². The first-order valence-corrected chi connectivity index (χ1v) is 7.03. The lowest BCUT2D eigenvalue weighted by atomic mass is 10.1. The van der Waals surface area contributed by atoms with Crippen LogP contribution in [0.4, 0.5) is 0 Å². The number of benzene rings is 1. The minimum Gasteiger partial charge on any atom is -0.334 e. The van der Waals surface area contributed by atoms with E-state index in [0.717, 1.165) is 30.6 Å². The molecular formula is C15H15NOS. The summed E-state index contributed by atoms with van der Waals surface area (Å²) in [4.78, 5) is 15.8. The highest BCUT2D eigenvalue weighted by atomic mass is 32.1. The summed E-state index contributed by atoms with van der Waals surface area (Å²) in [6, 6.07) is 9.96. The van der Waals surface area contributed by atoms with Crippen LogP contribution in [0.2, 0.25) is 0 Å². The normalized spacial score (nSPS) is 14.4. The number of thiophene rings is 1. The average molecular weight is 257 g/mol. The third-order valence-corrected chi connectivity index (χ3v) is 4.38. The van der Waals surface area contributed by atoms with Crippen molar-refractivity contribution in [2.45, 2.75) is 19.9 Å². The van der Waals surface area contributed by atoms with Crippen molar-refractivity contribution in [2.75, 3.05) is 6.54 Å². The van der Waals surface area contributed by atoms with E-state index in [-0.39, 0.29) is 5.91 Å². The Labute approximate surface area is 111 Å². The molecule has 1 aromatic carbocycles. The lowest BCUT2D eigenvalue weighted by molar-refractivity contribution is 0.0736. The Kier molecular flexibility index (Phi) is 2.92. The molecule has 0 bridgehead atoms. The van der Waals surface area contributed by atoms with E-state index in [4.69, 9.17) is 0 Å². The van der Waals surface area contributed by atoms with E-state index in [1.54, 1.807) is 11.3 Å². The summed E-state index contributed by atoms with van der Waals surface area (Å²) >= 11 is 1.80. The van der Waals surface area contributed by atoms with Crippen LogP contribution in [-0.2, 0) is 13.0 Å². The van der Waals surface area contributed by atoms with Gasteiger partial charge in [-0.1, -0.05) is 17.7 Å². The van der Waals surface area contributed by atoms with Crippen LogP contribution in [0.1, 0.15) is 26.4 Å². The van der Waals surface area contributed by atoms with E-state index in [9.17, 15) is 4.79 Å². The van der Waals surface area contributed by atoms with Crippen LogP contribution in [0.25, 0.3) is 0 Å². The fourth-order valence-electron chi connectivity index (χ4n) is 2.38. The molecule has 0 unspecified atom stereocenters. The van der Waals surface area contributed by atoms with E-state index in [1.807, 2.05) is 36.1 Å². The van der Waals surface area contributed by atoms with E-state index < -0.39 is 0 Å². The lowest BCUT2D eigenvalue weighted by Gasteiger charge is -2.27. The zero-order valence-corrected chi connectivity index (χ0v) is 11.2. The molecule has 1 aliphatic rings. The van der Waals surface area contributed by atoms with Crippen molar-refractivity contribution in [1.82, 2.24) is 4.90 Å². The molecule has 2 nitrogen and oxygen atoms in total. The first-order chi connectivity index (χ1) is 8.74. The number of carbonyl (C=O) groups is 1. The molecule has 0 saturated carbocycles. The van der Waals surface area contributed by atoms with E-state index in [0.29, 0.717) is 0 Å². The molecule has 2 heterocycles. The molecule has 0 saturated heterocycles. The Morgan fingerprint density at radius 3 is 3.06 bits per heavy atom. The van der Waals surface area contributed by atoms with Gasteiger partial charge in [-0.2, -0.15) is 0 Å². The quantitative estimate of drug-likeness (QED) is 0.768. The van der Waals surface area contributed by atoms with Gasteiger partial charge in [-0.15, -0.1) is 11.3 Å². The summed E-state index contributed by atoms with van der Waals surface area (Å²) in [5.41, 5.74) is 3.25. The van der Waals surface area contributed by atoms with Crippen molar-refractivity contribution < 1.29 is 4.79 Å². The molecule has 0 atom stereocenters. The lowest BCUT2D eigenvalue weighted by Crippen LogP contribution is -2.35. The first-order valence-electron chi connectivity index (χ1n) is 6.15. The van der Waals surface area contributed by atoms with Gasteiger partial charge in [-0.25, -0.2) is 0 Å². The van der Waals surface area contributed by atoms with Gasteiger partial charge in [0.1, 0.15) is 0 Å². The fourth-order valence-corrected chi connectivity index (χ4v) is 3.27. The molecule has 1 aromatic heterocycles. The zero-order valence-electron chi connectivity index (χ0n) is 10.3. The number of hydrogen-bond donors (Lipinski definition) is 0. The smallest absolute Gasteiger partial charge is 0.254 e. The van der Waals surface area contributed by atoms with Gasteiger partial charge in [0.05, 0.1) is 0 Å². The molecule has 0 fully saturated rings. The minimum absolute atomic E-state index is 0.149. The van der Waals surface area contributed by atoms with Gasteiger partial charge in [0.15, 0.2) is 0 Å². The average Bonchev–Trinajstić information content (AvgIpc) is 2.85. The Balaban J connectivity index is 1.83. The summed E-state index contributed by atoms with van der Waals surface area (Å²) in [5.74, 6) is 0.149. The van der Waals surface area contributed by atoms with Crippen LogP contribution in [0, 0.1) is 6.92 Å². The Morgan fingerprint density at radius 1 is 1.33 bits per heavy atom. The molecule has 92 valence electrons. The third kappa shape index (κ3) is 2.06. The highest BCUT2D eigenvalue weighted by molar-refractivity contribution is 7.10.